The van der Waals surface area contributed by atoms with E-state index in [1.54, 1.807) is 0 Å². The molecule has 182 valence electrons. The molecule has 2 aliphatic rings. The summed E-state index contributed by atoms with van der Waals surface area (Å²) in [7, 11) is 0. The zero-order valence-electron chi connectivity index (χ0n) is 18.4. The summed E-state index contributed by atoms with van der Waals surface area (Å²) in [5, 5.41) is 12.4. The molecule has 0 radical (unpaired) electrons. The molecule has 34 heavy (non-hydrogen) atoms. The lowest BCUT2D eigenvalue weighted by molar-refractivity contribution is -0.138. The van der Waals surface area contributed by atoms with E-state index in [4.69, 9.17) is 0 Å². The van der Waals surface area contributed by atoms with Crippen LogP contribution in [-0.4, -0.2) is 32.2 Å². The maximum atomic E-state index is 13.5. The third-order valence-corrected chi connectivity index (χ3v) is 6.73. The molecule has 8 nitrogen and oxygen atoms in total. The molecule has 1 atom stereocenters. The predicted octanol–water partition coefficient (Wildman–Crippen LogP) is 2.88. The maximum Gasteiger partial charge on any atom is 0.416 e. The molecule has 11 heteroatoms. The van der Waals surface area contributed by atoms with Gasteiger partial charge in [-0.3, -0.25) is 18.7 Å². The van der Waals surface area contributed by atoms with Crippen molar-refractivity contribution in [2.45, 2.75) is 69.8 Å². The Morgan fingerprint density at radius 1 is 1.09 bits per heavy atom. The average molecular weight is 479 g/mol. The Bertz CT molecular complexity index is 1260. The summed E-state index contributed by atoms with van der Waals surface area (Å²) in [6, 6.07) is 2.20. The SMILES string of the molecule is CC(=O)N[C@H]1CC[C@H](n2cc(C(=O)O)c(=O)n(C3CCc4c3cccc4C(F)(F)F)c2=O)CC1. The molecular formula is C23H24F3N3O5. The Morgan fingerprint density at radius 3 is 2.35 bits per heavy atom. The largest absolute Gasteiger partial charge is 0.477 e. The van der Waals surface area contributed by atoms with E-state index < -0.39 is 46.6 Å². The Hall–Kier alpha value is -3.37. The van der Waals surface area contributed by atoms with Crippen molar-refractivity contribution in [3.8, 4) is 0 Å². The quantitative estimate of drug-likeness (QED) is 0.701. The van der Waals surface area contributed by atoms with Gasteiger partial charge in [-0.05, 0) is 55.7 Å². The fourth-order valence-electron chi connectivity index (χ4n) is 5.23. The van der Waals surface area contributed by atoms with E-state index >= 15 is 0 Å². The molecule has 1 aromatic heterocycles. The number of halogens is 3. The molecule has 1 aromatic carbocycles. The van der Waals surface area contributed by atoms with E-state index in [9.17, 15) is 37.5 Å². The second-order valence-electron chi connectivity index (χ2n) is 8.84. The lowest BCUT2D eigenvalue weighted by atomic mass is 9.91. The van der Waals surface area contributed by atoms with Crippen molar-refractivity contribution < 1.29 is 27.9 Å². The van der Waals surface area contributed by atoms with Crippen LogP contribution in [-0.2, 0) is 17.4 Å². The fourth-order valence-corrected chi connectivity index (χ4v) is 5.23. The summed E-state index contributed by atoms with van der Waals surface area (Å²) in [5.41, 5.74) is -2.97. The molecule has 4 rings (SSSR count). The third kappa shape index (κ3) is 4.26. The minimum absolute atomic E-state index is 0.0146. The first-order valence-electron chi connectivity index (χ1n) is 11.1. The minimum atomic E-state index is -4.58. The number of hydrogen-bond acceptors (Lipinski definition) is 4. The second kappa shape index (κ2) is 8.77. The first-order chi connectivity index (χ1) is 16.0. The second-order valence-corrected chi connectivity index (χ2v) is 8.84. The highest BCUT2D eigenvalue weighted by Crippen LogP contribution is 2.41. The van der Waals surface area contributed by atoms with Gasteiger partial charge in [-0.2, -0.15) is 13.2 Å². The molecule has 0 spiro atoms. The van der Waals surface area contributed by atoms with E-state index in [2.05, 4.69) is 5.32 Å². The first kappa shape index (κ1) is 23.8. The van der Waals surface area contributed by atoms with Crippen LogP contribution in [0.4, 0.5) is 13.2 Å². The van der Waals surface area contributed by atoms with Crippen LogP contribution in [0.25, 0.3) is 0 Å². The fraction of sp³-hybridized carbons (Fsp3) is 0.478. The molecule has 2 aliphatic carbocycles. The Kier molecular flexibility index (Phi) is 6.13. The molecule has 2 aromatic rings. The Labute approximate surface area is 192 Å². The van der Waals surface area contributed by atoms with Crippen molar-refractivity contribution in [2.24, 2.45) is 0 Å². The number of carbonyl (C=O) groups excluding carboxylic acids is 1. The third-order valence-electron chi connectivity index (χ3n) is 6.73. The number of aromatic nitrogens is 2. The molecule has 0 bridgehead atoms. The number of carboxylic acids is 1. The van der Waals surface area contributed by atoms with Gasteiger partial charge < -0.3 is 10.4 Å². The number of alkyl halides is 3. The number of amides is 1. The number of aromatic carboxylic acids is 1. The molecule has 2 N–H and O–H groups in total. The Balaban J connectivity index is 1.78. The highest BCUT2D eigenvalue weighted by Gasteiger charge is 2.39. The van der Waals surface area contributed by atoms with Crippen LogP contribution >= 0.6 is 0 Å². The van der Waals surface area contributed by atoms with E-state index in [0.29, 0.717) is 25.7 Å². The zero-order chi connectivity index (χ0) is 24.8. The molecule has 1 saturated carbocycles. The first-order valence-corrected chi connectivity index (χ1v) is 11.1. The summed E-state index contributed by atoms with van der Waals surface area (Å²) in [5.74, 6) is -1.68. The van der Waals surface area contributed by atoms with Gasteiger partial charge in [-0.1, -0.05) is 12.1 Å². The summed E-state index contributed by atoms with van der Waals surface area (Å²) >= 11 is 0. The number of nitrogens with zero attached hydrogens (tertiary/aromatic N) is 2. The number of rotatable bonds is 4. The zero-order valence-corrected chi connectivity index (χ0v) is 18.4. The van der Waals surface area contributed by atoms with Gasteiger partial charge in [0, 0.05) is 25.2 Å². The molecule has 0 saturated heterocycles. The summed E-state index contributed by atoms with van der Waals surface area (Å²) in [6.45, 7) is 1.41. The van der Waals surface area contributed by atoms with Crippen molar-refractivity contribution in [3.63, 3.8) is 0 Å². The highest BCUT2D eigenvalue weighted by molar-refractivity contribution is 5.86. The number of nitrogens with one attached hydrogen (secondary N) is 1. The Morgan fingerprint density at radius 2 is 1.76 bits per heavy atom. The van der Waals surface area contributed by atoms with Crippen LogP contribution < -0.4 is 16.6 Å². The van der Waals surface area contributed by atoms with Gasteiger partial charge in [0.05, 0.1) is 11.6 Å². The smallest absolute Gasteiger partial charge is 0.416 e. The van der Waals surface area contributed by atoms with E-state index in [1.165, 1.54) is 23.6 Å². The molecule has 1 heterocycles. The van der Waals surface area contributed by atoms with Crippen LogP contribution in [0.5, 0.6) is 0 Å². The van der Waals surface area contributed by atoms with Crippen molar-refractivity contribution >= 4 is 11.9 Å². The summed E-state index contributed by atoms with van der Waals surface area (Å²) in [6.07, 6.45) is -1.37. The van der Waals surface area contributed by atoms with Crippen molar-refractivity contribution in [1.82, 2.24) is 14.5 Å². The van der Waals surface area contributed by atoms with Crippen molar-refractivity contribution in [3.05, 3.63) is 67.5 Å². The standard InChI is InChI=1S/C23H24F3N3O5/c1-12(30)27-13-5-7-14(8-6-13)28-11-17(21(32)33)20(31)29(22(28)34)19-10-9-15-16(19)3-2-4-18(15)23(24,25)26/h2-4,11,13-14,19H,5-10H2,1H3,(H,27,30)(H,32,33)/t13-,14-,19?. The monoisotopic (exact) mass is 479 g/mol. The number of carboxylic acid groups (broad SMARTS) is 1. The van der Waals surface area contributed by atoms with Crippen molar-refractivity contribution in [2.75, 3.05) is 0 Å². The number of benzene rings is 1. The van der Waals surface area contributed by atoms with E-state index in [0.717, 1.165) is 16.8 Å². The lowest BCUT2D eigenvalue weighted by Gasteiger charge is -2.31. The minimum Gasteiger partial charge on any atom is -0.477 e. The van der Waals surface area contributed by atoms with E-state index in [-0.39, 0.29) is 35.9 Å². The number of fused-ring (bicyclic) bond motifs is 1. The van der Waals surface area contributed by atoms with Crippen LogP contribution in [0, 0.1) is 0 Å². The van der Waals surface area contributed by atoms with Crippen LogP contribution in [0.1, 0.15) is 78.2 Å². The maximum absolute atomic E-state index is 13.5. The topological polar surface area (TPSA) is 110 Å². The molecule has 1 unspecified atom stereocenters. The van der Waals surface area contributed by atoms with Gasteiger partial charge in [0.1, 0.15) is 5.56 Å². The number of hydrogen-bond donors (Lipinski definition) is 2. The predicted molar refractivity (Wildman–Crippen MR) is 115 cm³/mol. The summed E-state index contributed by atoms with van der Waals surface area (Å²) < 4.78 is 42.5. The van der Waals surface area contributed by atoms with Crippen LogP contribution in [0.2, 0.25) is 0 Å². The lowest BCUT2D eigenvalue weighted by Crippen LogP contribution is -2.46. The van der Waals surface area contributed by atoms with Crippen molar-refractivity contribution in [1.29, 1.82) is 0 Å². The normalized spacial score (nSPS) is 22.3. The molecule has 1 amide bonds. The number of carbonyl (C=O) groups is 2. The summed E-state index contributed by atoms with van der Waals surface area (Å²) in [4.78, 5) is 49.6. The molecule has 0 aliphatic heterocycles. The average Bonchev–Trinajstić information content (AvgIpc) is 3.17. The van der Waals surface area contributed by atoms with E-state index in [1.807, 2.05) is 0 Å². The van der Waals surface area contributed by atoms with Gasteiger partial charge in [0.15, 0.2) is 0 Å². The highest BCUT2D eigenvalue weighted by atomic mass is 19.4. The van der Waals surface area contributed by atoms with Gasteiger partial charge in [0.2, 0.25) is 5.91 Å². The van der Waals surface area contributed by atoms with Gasteiger partial charge in [-0.25, -0.2) is 9.59 Å². The molecule has 1 fully saturated rings. The van der Waals surface area contributed by atoms with Gasteiger partial charge >= 0.3 is 17.8 Å². The molecular weight excluding hydrogens is 455 g/mol. The van der Waals surface area contributed by atoms with Gasteiger partial charge in [0.25, 0.3) is 5.56 Å². The van der Waals surface area contributed by atoms with Crippen LogP contribution in [0.3, 0.4) is 0 Å². The van der Waals surface area contributed by atoms with Crippen LogP contribution in [0.15, 0.2) is 34.0 Å². The van der Waals surface area contributed by atoms with Gasteiger partial charge in [-0.15, -0.1) is 0 Å².